The number of carbonyl (C=O) groups is 1. The maximum absolute atomic E-state index is 13.6. The molecule has 1 aromatic heterocycles. The fourth-order valence-corrected chi connectivity index (χ4v) is 2.52. The zero-order valence-corrected chi connectivity index (χ0v) is 12.5. The highest BCUT2D eigenvalue weighted by atomic mass is 32.2. The summed E-state index contributed by atoms with van der Waals surface area (Å²) in [6.45, 7) is 0. The third kappa shape index (κ3) is 3.62. The molecule has 2 aromatic carbocycles. The average Bonchev–Trinajstić information content (AvgIpc) is 3.02. The number of nitrogens with zero attached hydrogens (tertiary/aromatic N) is 2. The number of ketones is 1. The van der Waals surface area contributed by atoms with E-state index in [1.807, 2.05) is 0 Å². The Morgan fingerprint density at radius 2 is 1.78 bits per heavy atom. The van der Waals surface area contributed by atoms with Crippen LogP contribution in [0.4, 0.5) is 8.78 Å². The lowest BCUT2D eigenvalue weighted by atomic mass is 10.1. The van der Waals surface area contributed by atoms with E-state index in [1.165, 1.54) is 36.4 Å². The van der Waals surface area contributed by atoms with E-state index in [0.29, 0.717) is 5.56 Å². The maximum Gasteiger partial charge on any atom is 0.277 e. The van der Waals surface area contributed by atoms with Gasteiger partial charge in [0, 0.05) is 5.56 Å². The Labute approximate surface area is 134 Å². The van der Waals surface area contributed by atoms with Gasteiger partial charge in [-0.3, -0.25) is 4.79 Å². The van der Waals surface area contributed by atoms with Crippen molar-refractivity contribution in [3.05, 3.63) is 65.7 Å². The van der Waals surface area contributed by atoms with E-state index in [2.05, 4.69) is 10.2 Å². The van der Waals surface area contributed by atoms with Crippen LogP contribution in [0, 0.1) is 11.6 Å². The first-order valence-corrected chi connectivity index (χ1v) is 7.62. The Kier molecular flexibility index (Phi) is 4.47. The molecule has 0 unspecified atom stereocenters. The Morgan fingerprint density at radius 3 is 2.52 bits per heavy atom. The second-order valence-corrected chi connectivity index (χ2v) is 5.50. The van der Waals surface area contributed by atoms with Gasteiger partial charge in [0.05, 0.1) is 11.3 Å². The lowest BCUT2D eigenvalue weighted by Gasteiger charge is -1.98. The summed E-state index contributed by atoms with van der Waals surface area (Å²) in [5.74, 6) is -0.943. The Hall–Kier alpha value is -2.54. The lowest BCUT2D eigenvalue weighted by molar-refractivity contribution is 0.102. The Balaban J connectivity index is 1.67. The van der Waals surface area contributed by atoms with Crippen molar-refractivity contribution in [2.45, 2.75) is 5.22 Å². The molecule has 3 rings (SSSR count). The van der Waals surface area contributed by atoms with Gasteiger partial charge in [-0.1, -0.05) is 23.9 Å². The quantitative estimate of drug-likeness (QED) is 0.522. The Bertz CT molecular complexity index is 834. The number of benzene rings is 2. The molecule has 3 aromatic rings. The number of thioether (sulfide) groups is 1. The summed E-state index contributed by atoms with van der Waals surface area (Å²) in [4.78, 5) is 12.0. The molecule has 23 heavy (non-hydrogen) atoms. The predicted octanol–water partition coefficient (Wildman–Crippen LogP) is 3.99. The zero-order valence-electron chi connectivity index (χ0n) is 11.7. The first-order chi connectivity index (χ1) is 11.1. The molecule has 0 aliphatic carbocycles. The summed E-state index contributed by atoms with van der Waals surface area (Å²) in [6.07, 6.45) is 0. The maximum atomic E-state index is 13.6. The first kappa shape index (κ1) is 15.4. The van der Waals surface area contributed by atoms with E-state index in [9.17, 15) is 13.6 Å². The van der Waals surface area contributed by atoms with E-state index in [-0.39, 0.29) is 28.2 Å². The fourth-order valence-electron chi connectivity index (χ4n) is 1.86. The molecule has 116 valence electrons. The van der Waals surface area contributed by atoms with Crippen molar-refractivity contribution < 1.29 is 18.0 Å². The number of aromatic nitrogens is 2. The standard InChI is InChI=1S/C16H10F2N2O2S/c17-11-7-5-10(6-8-11)14(21)9-23-16-20-19-15(22-16)12-3-1-2-4-13(12)18/h1-8H,9H2. The second kappa shape index (κ2) is 6.70. The van der Waals surface area contributed by atoms with Gasteiger partial charge in [0.1, 0.15) is 11.6 Å². The molecule has 0 aliphatic rings. The Morgan fingerprint density at radius 1 is 1.04 bits per heavy atom. The molecule has 0 atom stereocenters. The summed E-state index contributed by atoms with van der Waals surface area (Å²) < 4.78 is 31.8. The highest BCUT2D eigenvalue weighted by Gasteiger charge is 2.14. The molecule has 0 amide bonds. The third-order valence-corrected chi connectivity index (χ3v) is 3.82. The second-order valence-electron chi connectivity index (χ2n) is 4.57. The van der Waals surface area contributed by atoms with Crippen molar-refractivity contribution in [3.63, 3.8) is 0 Å². The minimum atomic E-state index is -0.463. The first-order valence-electron chi connectivity index (χ1n) is 6.63. The van der Waals surface area contributed by atoms with Gasteiger partial charge in [0.2, 0.25) is 0 Å². The lowest BCUT2D eigenvalue weighted by Crippen LogP contribution is -2.02. The number of hydrogen-bond donors (Lipinski definition) is 0. The minimum Gasteiger partial charge on any atom is -0.411 e. The van der Waals surface area contributed by atoms with Crippen LogP contribution >= 0.6 is 11.8 Å². The van der Waals surface area contributed by atoms with Gasteiger partial charge in [-0.25, -0.2) is 8.78 Å². The number of carbonyl (C=O) groups excluding carboxylic acids is 1. The highest BCUT2D eigenvalue weighted by Crippen LogP contribution is 2.25. The van der Waals surface area contributed by atoms with Gasteiger partial charge < -0.3 is 4.42 Å². The van der Waals surface area contributed by atoms with Gasteiger partial charge in [0.15, 0.2) is 5.78 Å². The van der Waals surface area contributed by atoms with E-state index in [0.717, 1.165) is 11.8 Å². The molecule has 0 spiro atoms. The van der Waals surface area contributed by atoms with Crippen LogP contribution in [-0.4, -0.2) is 21.7 Å². The number of hydrogen-bond acceptors (Lipinski definition) is 5. The highest BCUT2D eigenvalue weighted by molar-refractivity contribution is 7.99. The SMILES string of the molecule is O=C(CSc1nnc(-c2ccccc2F)o1)c1ccc(F)cc1. The van der Waals surface area contributed by atoms with E-state index >= 15 is 0 Å². The summed E-state index contributed by atoms with van der Waals surface area (Å²) in [5, 5.41) is 7.72. The summed E-state index contributed by atoms with van der Waals surface area (Å²) in [5.41, 5.74) is 0.601. The predicted molar refractivity (Wildman–Crippen MR) is 81.1 cm³/mol. The van der Waals surface area contributed by atoms with E-state index in [1.54, 1.807) is 12.1 Å². The summed E-state index contributed by atoms with van der Waals surface area (Å²) in [7, 11) is 0. The summed E-state index contributed by atoms with van der Waals surface area (Å²) in [6, 6.07) is 11.3. The van der Waals surface area contributed by atoms with Crippen molar-refractivity contribution >= 4 is 17.5 Å². The average molecular weight is 332 g/mol. The van der Waals surface area contributed by atoms with Crippen LogP contribution in [0.25, 0.3) is 11.5 Å². The minimum absolute atomic E-state index is 0.0554. The third-order valence-electron chi connectivity index (χ3n) is 3.00. The molecular weight excluding hydrogens is 322 g/mol. The van der Waals surface area contributed by atoms with Gasteiger partial charge in [0.25, 0.3) is 11.1 Å². The molecule has 0 saturated heterocycles. The van der Waals surface area contributed by atoms with Crippen molar-refractivity contribution in [1.29, 1.82) is 0 Å². The van der Waals surface area contributed by atoms with Gasteiger partial charge in [-0.2, -0.15) is 0 Å². The number of Topliss-reactive ketones (excluding diaryl/α,β-unsaturated/α-hetero) is 1. The van der Waals surface area contributed by atoms with Crippen molar-refractivity contribution in [1.82, 2.24) is 10.2 Å². The van der Waals surface area contributed by atoms with Gasteiger partial charge >= 0.3 is 0 Å². The van der Waals surface area contributed by atoms with Crippen LogP contribution in [-0.2, 0) is 0 Å². The van der Waals surface area contributed by atoms with E-state index in [4.69, 9.17) is 4.42 Å². The number of halogens is 2. The fraction of sp³-hybridized carbons (Fsp3) is 0.0625. The molecule has 0 fully saturated rings. The molecule has 0 bridgehead atoms. The monoisotopic (exact) mass is 332 g/mol. The molecular formula is C16H10F2N2O2S. The van der Waals surface area contributed by atoms with E-state index < -0.39 is 11.6 Å². The largest absolute Gasteiger partial charge is 0.411 e. The number of rotatable bonds is 5. The molecule has 1 heterocycles. The molecule has 0 N–H and O–H groups in total. The molecule has 4 nitrogen and oxygen atoms in total. The van der Waals surface area contributed by atoms with Crippen LogP contribution in [0.5, 0.6) is 0 Å². The molecule has 0 radical (unpaired) electrons. The zero-order chi connectivity index (χ0) is 16.2. The van der Waals surface area contributed by atoms with Crippen molar-refractivity contribution in [2.24, 2.45) is 0 Å². The van der Waals surface area contributed by atoms with Crippen molar-refractivity contribution in [2.75, 3.05) is 5.75 Å². The molecule has 7 heteroatoms. The van der Waals surface area contributed by atoms with Crippen LogP contribution in [0.15, 0.2) is 58.2 Å². The molecule has 0 saturated carbocycles. The smallest absolute Gasteiger partial charge is 0.277 e. The normalized spacial score (nSPS) is 10.7. The van der Waals surface area contributed by atoms with Crippen LogP contribution in [0.3, 0.4) is 0 Å². The summed E-state index contributed by atoms with van der Waals surface area (Å²) >= 11 is 1.04. The topological polar surface area (TPSA) is 56.0 Å². The van der Waals surface area contributed by atoms with Gasteiger partial charge in [-0.05, 0) is 36.4 Å². The van der Waals surface area contributed by atoms with Crippen LogP contribution < -0.4 is 0 Å². The van der Waals surface area contributed by atoms with Crippen LogP contribution in [0.1, 0.15) is 10.4 Å². The molecule has 0 aliphatic heterocycles. The van der Waals surface area contributed by atoms with Gasteiger partial charge in [-0.15, -0.1) is 10.2 Å². The van der Waals surface area contributed by atoms with Crippen LogP contribution in [0.2, 0.25) is 0 Å². The van der Waals surface area contributed by atoms with Crippen molar-refractivity contribution in [3.8, 4) is 11.5 Å².